The van der Waals surface area contributed by atoms with E-state index in [0.717, 1.165) is 18.4 Å². The Kier molecular flexibility index (Phi) is 3.81. The number of aromatic nitrogens is 2. The summed E-state index contributed by atoms with van der Waals surface area (Å²) in [6.45, 7) is 0.605. The van der Waals surface area contributed by atoms with E-state index in [-0.39, 0.29) is 12.6 Å². The molecule has 1 fully saturated rings. The summed E-state index contributed by atoms with van der Waals surface area (Å²) in [5, 5.41) is 17.9. The van der Waals surface area contributed by atoms with Gasteiger partial charge in [-0.15, -0.1) is 0 Å². The van der Waals surface area contributed by atoms with Gasteiger partial charge in [0.1, 0.15) is 6.54 Å². The maximum atomic E-state index is 11.9. The van der Waals surface area contributed by atoms with Gasteiger partial charge >= 0.3 is 12.0 Å². The number of hydrogen-bond donors (Lipinski definition) is 3. The van der Waals surface area contributed by atoms with Crippen LogP contribution in [0.5, 0.6) is 0 Å². The van der Waals surface area contributed by atoms with Crippen molar-refractivity contribution in [3.05, 3.63) is 18.0 Å². The molecule has 1 saturated carbocycles. The number of carbonyl (C=O) groups excluding carboxylic acids is 1. The van der Waals surface area contributed by atoms with Gasteiger partial charge in [-0.1, -0.05) is 0 Å². The van der Waals surface area contributed by atoms with E-state index in [1.807, 2.05) is 0 Å². The minimum atomic E-state index is -0.992. The lowest BCUT2D eigenvalue weighted by Crippen LogP contribution is -2.43. The molecule has 0 unspecified atom stereocenters. The highest BCUT2D eigenvalue weighted by molar-refractivity contribution is 5.80. The smallest absolute Gasteiger partial charge is 0.323 e. The first kappa shape index (κ1) is 12.4. The number of nitrogens with zero attached hydrogens (tertiary/aromatic N) is 2. The third-order valence-electron chi connectivity index (χ3n) is 2.79. The lowest BCUT2D eigenvalue weighted by Gasteiger charge is -2.20. The maximum Gasteiger partial charge on any atom is 0.323 e. The molecular formula is C11H16N4O3. The number of aromatic amines is 1. The van der Waals surface area contributed by atoms with Gasteiger partial charge in [0, 0.05) is 24.8 Å². The molecule has 3 N–H and O–H groups in total. The van der Waals surface area contributed by atoms with Gasteiger partial charge < -0.3 is 15.3 Å². The highest BCUT2D eigenvalue weighted by atomic mass is 16.4. The molecule has 1 aliphatic carbocycles. The molecule has 0 bridgehead atoms. The monoisotopic (exact) mass is 252 g/mol. The first-order valence-corrected chi connectivity index (χ1v) is 5.87. The molecule has 7 nitrogen and oxygen atoms in total. The number of rotatable bonds is 6. The van der Waals surface area contributed by atoms with E-state index < -0.39 is 5.97 Å². The first-order valence-electron chi connectivity index (χ1n) is 5.87. The van der Waals surface area contributed by atoms with Gasteiger partial charge in [0.05, 0.1) is 6.20 Å². The number of H-pyrrole nitrogens is 1. The third-order valence-corrected chi connectivity index (χ3v) is 2.79. The van der Waals surface area contributed by atoms with Crippen molar-refractivity contribution in [1.29, 1.82) is 0 Å². The molecule has 1 aliphatic rings. The topological polar surface area (TPSA) is 98.3 Å². The molecule has 18 heavy (non-hydrogen) atoms. The van der Waals surface area contributed by atoms with E-state index in [1.54, 1.807) is 12.4 Å². The predicted octanol–water partition coefficient (Wildman–Crippen LogP) is 0.416. The Morgan fingerprint density at radius 3 is 2.89 bits per heavy atom. The van der Waals surface area contributed by atoms with Crippen LogP contribution >= 0.6 is 0 Å². The number of hydrogen-bond acceptors (Lipinski definition) is 3. The third kappa shape index (κ3) is 3.76. The minimum Gasteiger partial charge on any atom is -0.480 e. The molecule has 0 saturated heterocycles. The molecule has 7 heteroatoms. The minimum absolute atomic E-state index is 0.256. The largest absolute Gasteiger partial charge is 0.480 e. The summed E-state index contributed by atoms with van der Waals surface area (Å²) in [4.78, 5) is 23.9. The summed E-state index contributed by atoms with van der Waals surface area (Å²) in [6.07, 6.45) is 5.45. The van der Waals surface area contributed by atoms with Crippen molar-refractivity contribution in [3.8, 4) is 0 Å². The number of carboxylic acids is 1. The SMILES string of the molecule is O=C(O)CN(CC1CC1)C(=O)NCc1cn[nH]c1. The van der Waals surface area contributed by atoms with E-state index in [1.165, 1.54) is 4.90 Å². The van der Waals surface area contributed by atoms with Crippen molar-refractivity contribution >= 4 is 12.0 Å². The normalized spacial score (nSPS) is 14.2. The molecule has 0 aliphatic heterocycles. The van der Waals surface area contributed by atoms with Crippen molar-refractivity contribution in [2.75, 3.05) is 13.1 Å². The molecule has 2 rings (SSSR count). The molecule has 0 radical (unpaired) electrons. The molecule has 0 atom stereocenters. The highest BCUT2D eigenvalue weighted by Gasteiger charge is 2.27. The van der Waals surface area contributed by atoms with Crippen LogP contribution in [0.1, 0.15) is 18.4 Å². The molecule has 0 spiro atoms. The quantitative estimate of drug-likeness (QED) is 0.683. The predicted molar refractivity (Wildman–Crippen MR) is 62.8 cm³/mol. The Bertz CT molecular complexity index is 414. The number of urea groups is 1. The molecule has 98 valence electrons. The second-order valence-electron chi connectivity index (χ2n) is 4.48. The fraction of sp³-hybridized carbons (Fsp3) is 0.545. The van der Waals surface area contributed by atoms with Gasteiger partial charge in [0.2, 0.25) is 0 Å². The van der Waals surface area contributed by atoms with Crippen LogP contribution in [-0.4, -0.2) is 45.3 Å². The summed E-state index contributed by atoms with van der Waals surface area (Å²) in [5.41, 5.74) is 0.852. The molecule has 1 heterocycles. The lowest BCUT2D eigenvalue weighted by molar-refractivity contribution is -0.137. The summed E-state index contributed by atoms with van der Waals surface area (Å²) < 4.78 is 0. The van der Waals surface area contributed by atoms with Gasteiger partial charge in [-0.3, -0.25) is 9.89 Å². The van der Waals surface area contributed by atoms with E-state index in [9.17, 15) is 9.59 Å². The summed E-state index contributed by atoms with van der Waals surface area (Å²) >= 11 is 0. The van der Waals surface area contributed by atoms with Crippen molar-refractivity contribution in [2.24, 2.45) is 5.92 Å². The van der Waals surface area contributed by atoms with Crippen LogP contribution in [0.3, 0.4) is 0 Å². The lowest BCUT2D eigenvalue weighted by atomic mass is 10.3. The average Bonchev–Trinajstić information content (AvgIpc) is 2.98. The summed E-state index contributed by atoms with van der Waals surface area (Å²) in [5.74, 6) is -0.530. The summed E-state index contributed by atoms with van der Waals surface area (Å²) in [7, 11) is 0. The van der Waals surface area contributed by atoms with Gasteiger partial charge in [-0.2, -0.15) is 5.10 Å². The van der Waals surface area contributed by atoms with Crippen LogP contribution in [0.15, 0.2) is 12.4 Å². The summed E-state index contributed by atoms with van der Waals surface area (Å²) in [6, 6.07) is -0.342. The Hall–Kier alpha value is -2.05. The number of carboxylic acid groups (broad SMARTS) is 1. The molecule has 1 aromatic rings. The number of carbonyl (C=O) groups is 2. The molecule has 2 amide bonds. The van der Waals surface area contributed by atoms with Gasteiger partial charge in [0.15, 0.2) is 0 Å². The Balaban J connectivity index is 1.83. The highest BCUT2D eigenvalue weighted by Crippen LogP contribution is 2.29. The average molecular weight is 252 g/mol. The maximum absolute atomic E-state index is 11.9. The fourth-order valence-electron chi connectivity index (χ4n) is 1.66. The van der Waals surface area contributed by atoms with Crippen molar-refractivity contribution < 1.29 is 14.7 Å². The van der Waals surface area contributed by atoms with Gasteiger partial charge in [0.25, 0.3) is 0 Å². The van der Waals surface area contributed by atoms with Crippen LogP contribution in [-0.2, 0) is 11.3 Å². The van der Waals surface area contributed by atoms with E-state index in [0.29, 0.717) is 19.0 Å². The second-order valence-corrected chi connectivity index (χ2v) is 4.48. The van der Waals surface area contributed by atoms with Gasteiger partial charge in [-0.05, 0) is 18.8 Å². The van der Waals surface area contributed by atoms with Crippen LogP contribution < -0.4 is 5.32 Å². The van der Waals surface area contributed by atoms with Crippen molar-refractivity contribution in [3.63, 3.8) is 0 Å². The fourth-order valence-corrected chi connectivity index (χ4v) is 1.66. The molecule has 0 aromatic carbocycles. The van der Waals surface area contributed by atoms with E-state index in [4.69, 9.17) is 5.11 Å². The Labute approximate surface area is 104 Å². The van der Waals surface area contributed by atoms with Crippen molar-refractivity contribution in [2.45, 2.75) is 19.4 Å². The second kappa shape index (κ2) is 5.52. The standard InChI is InChI=1S/C11H16N4O3/c16-10(17)7-15(6-8-1-2-8)11(18)12-3-9-4-13-14-5-9/h4-5,8H,1-3,6-7H2,(H,12,18)(H,13,14)(H,16,17). The number of nitrogens with one attached hydrogen (secondary N) is 2. The van der Waals surface area contributed by atoms with Crippen LogP contribution in [0, 0.1) is 5.92 Å². The van der Waals surface area contributed by atoms with E-state index >= 15 is 0 Å². The van der Waals surface area contributed by atoms with E-state index in [2.05, 4.69) is 15.5 Å². The Morgan fingerprint density at radius 1 is 1.56 bits per heavy atom. The van der Waals surface area contributed by atoms with Crippen LogP contribution in [0.2, 0.25) is 0 Å². The zero-order chi connectivity index (χ0) is 13.0. The number of aliphatic carboxylic acids is 1. The Morgan fingerprint density at radius 2 is 2.33 bits per heavy atom. The van der Waals surface area contributed by atoms with Crippen molar-refractivity contribution in [1.82, 2.24) is 20.4 Å². The molecule has 1 aromatic heterocycles. The number of amides is 2. The van der Waals surface area contributed by atoms with Crippen LogP contribution in [0.4, 0.5) is 4.79 Å². The zero-order valence-corrected chi connectivity index (χ0v) is 9.93. The zero-order valence-electron chi connectivity index (χ0n) is 9.93. The molecular weight excluding hydrogens is 236 g/mol. The van der Waals surface area contributed by atoms with Gasteiger partial charge in [-0.25, -0.2) is 4.79 Å². The first-order chi connectivity index (χ1) is 8.65. The van der Waals surface area contributed by atoms with Crippen LogP contribution in [0.25, 0.3) is 0 Å².